The van der Waals surface area contributed by atoms with E-state index >= 15 is 0 Å². The van der Waals surface area contributed by atoms with E-state index in [4.69, 9.17) is 0 Å². The first-order valence-corrected chi connectivity index (χ1v) is 7.69. The lowest BCUT2D eigenvalue weighted by Crippen LogP contribution is -2.56. The number of rotatable bonds is 4. The molecule has 2 aliphatic carbocycles. The van der Waals surface area contributed by atoms with Gasteiger partial charge in [0, 0.05) is 13.2 Å². The largest absolute Gasteiger partial charge is 0.396 e. The van der Waals surface area contributed by atoms with E-state index in [9.17, 15) is 10.2 Å². The molecule has 0 bridgehead atoms. The topological polar surface area (TPSA) is 40.5 Å². The van der Waals surface area contributed by atoms with E-state index in [0.717, 1.165) is 37.0 Å². The Bertz CT molecular complexity index is 279. The van der Waals surface area contributed by atoms with Crippen LogP contribution in [0, 0.1) is 28.6 Å². The summed E-state index contributed by atoms with van der Waals surface area (Å²) in [4.78, 5) is 0. The highest BCUT2D eigenvalue weighted by atomic mass is 16.3. The Morgan fingerprint density at radius 3 is 2.33 bits per heavy atom. The second-order valence-corrected chi connectivity index (χ2v) is 7.58. The fourth-order valence-corrected chi connectivity index (χ4v) is 5.21. The van der Waals surface area contributed by atoms with Crippen LogP contribution in [0.5, 0.6) is 0 Å². The lowest BCUT2D eigenvalue weighted by Gasteiger charge is -2.63. The molecule has 106 valence electrons. The molecule has 2 heteroatoms. The molecule has 18 heavy (non-hydrogen) atoms. The van der Waals surface area contributed by atoms with Crippen molar-refractivity contribution in [2.24, 2.45) is 28.6 Å². The summed E-state index contributed by atoms with van der Waals surface area (Å²) in [5.74, 6) is 2.42. The monoisotopic (exact) mass is 254 g/mol. The van der Waals surface area contributed by atoms with Crippen LogP contribution in [0.3, 0.4) is 0 Å². The van der Waals surface area contributed by atoms with Gasteiger partial charge in [0.25, 0.3) is 0 Å². The average Bonchev–Trinajstić information content (AvgIpc) is 2.26. The van der Waals surface area contributed by atoms with Gasteiger partial charge in [-0.2, -0.15) is 0 Å². The highest BCUT2D eigenvalue weighted by Crippen LogP contribution is 2.66. The van der Waals surface area contributed by atoms with Crippen LogP contribution in [0.4, 0.5) is 0 Å². The van der Waals surface area contributed by atoms with Gasteiger partial charge in [-0.3, -0.25) is 0 Å². The molecule has 2 aliphatic rings. The molecule has 2 fully saturated rings. The number of aliphatic hydroxyl groups is 2. The Balaban J connectivity index is 2.10. The molecule has 0 amide bonds. The molecule has 0 aromatic heterocycles. The van der Waals surface area contributed by atoms with Crippen LogP contribution in [0.25, 0.3) is 0 Å². The molecule has 0 aromatic carbocycles. The molecule has 1 spiro atoms. The van der Waals surface area contributed by atoms with Gasteiger partial charge in [-0.05, 0) is 60.7 Å². The smallest absolute Gasteiger partial charge is 0.0488 e. The van der Waals surface area contributed by atoms with Gasteiger partial charge in [-0.1, -0.05) is 27.2 Å². The summed E-state index contributed by atoms with van der Waals surface area (Å²) in [5, 5.41) is 18.9. The van der Waals surface area contributed by atoms with Crippen LogP contribution in [0.1, 0.15) is 59.3 Å². The molecule has 2 N–H and O–H groups in total. The third-order valence-corrected chi connectivity index (χ3v) is 5.75. The maximum Gasteiger partial charge on any atom is 0.0488 e. The molecule has 0 radical (unpaired) electrons. The van der Waals surface area contributed by atoms with Crippen molar-refractivity contribution in [1.29, 1.82) is 0 Å². The van der Waals surface area contributed by atoms with E-state index in [1.165, 1.54) is 19.3 Å². The van der Waals surface area contributed by atoms with Crippen molar-refractivity contribution in [2.45, 2.75) is 59.3 Å². The minimum Gasteiger partial charge on any atom is -0.396 e. The van der Waals surface area contributed by atoms with E-state index in [0.29, 0.717) is 5.41 Å². The summed E-state index contributed by atoms with van der Waals surface area (Å²) < 4.78 is 0. The molecule has 0 aromatic rings. The summed E-state index contributed by atoms with van der Waals surface area (Å²) in [6.45, 7) is 7.57. The van der Waals surface area contributed by atoms with Crippen LogP contribution >= 0.6 is 0 Å². The van der Waals surface area contributed by atoms with Gasteiger partial charge in [0.1, 0.15) is 0 Å². The highest BCUT2D eigenvalue weighted by molar-refractivity contribution is 5.08. The van der Waals surface area contributed by atoms with Crippen molar-refractivity contribution >= 4 is 0 Å². The maximum absolute atomic E-state index is 9.66. The van der Waals surface area contributed by atoms with Crippen molar-refractivity contribution < 1.29 is 10.2 Å². The van der Waals surface area contributed by atoms with Gasteiger partial charge < -0.3 is 10.2 Å². The molecule has 0 heterocycles. The fraction of sp³-hybridized carbons (Fsp3) is 1.00. The zero-order valence-corrected chi connectivity index (χ0v) is 12.3. The molecule has 2 nitrogen and oxygen atoms in total. The van der Waals surface area contributed by atoms with Crippen LogP contribution < -0.4 is 0 Å². The summed E-state index contributed by atoms with van der Waals surface area (Å²) in [5.41, 5.74) is 0.517. The van der Waals surface area contributed by atoms with Crippen molar-refractivity contribution in [3.63, 3.8) is 0 Å². The Labute approximate surface area is 112 Å². The first-order valence-electron chi connectivity index (χ1n) is 7.69. The fourth-order valence-electron chi connectivity index (χ4n) is 5.21. The predicted octanol–water partition coefficient (Wildman–Crippen LogP) is 3.22. The zero-order chi connectivity index (χ0) is 13.4. The highest BCUT2D eigenvalue weighted by Gasteiger charge is 2.58. The quantitative estimate of drug-likeness (QED) is 0.808. The molecule has 0 unspecified atom stereocenters. The second-order valence-electron chi connectivity index (χ2n) is 7.58. The maximum atomic E-state index is 9.66. The van der Waals surface area contributed by atoms with Crippen LogP contribution in [-0.2, 0) is 0 Å². The van der Waals surface area contributed by atoms with E-state index in [1.807, 2.05) is 0 Å². The van der Waals surface area contributed by atoms with Crippen molar-refractivity contribution in [3.8, 4) is 0 Å². The molecule has 0 saturated heterocycles. The van der Waals surface area contributed by atoms with Gasteiger partial charge >= 0.3 is 0 Å². The number of aliphatic hydroxyl groups excluding tert-OH is 2. The summed E-state index contributed by atoms with van der Waals surface area (Å²) in [7, 11) is 0. The second kappa shape index (κ2) is 5.13. The van der Waals surface area contributed by atoms with Gasteiger partial charge in [-0.25, -0.2) is 0 Å². The number of hydrogen-bond donors (Lipinski definition) is 2. The Hall–Kier alpha value is -0.0800. The Morgan fingerprint density at radius 2 is 1.83 bits per heavy atom. The minimum atomic E-state index is 0.0406. The third kappa shape index (κ3) is 2.34. The average molecular weight is 254 g/mol. The van der Waals surface area contributed by atoms with Crippen LogP contribution in [0.2, 0.25) is 0 Å². The molecule has 2 atom stereocenters. The van der Waals surface area contributed by atoms with Gasteiger partial charge in [-0.15, -0.1) is 0 Å². The first-order chi connectivity index (χ1) is 8.47. The lowest BCUT2D eigenvalue weighted by atomic mass is 9.42. The van der Waals surface area contributed by atoms with E-state index < -0.39 is 0 Å². The molecular weight excluding hydrogens is 224 g/mol. The van der Waals surface area contributed by atoms with E-state index in [1.54, 1.807) is 0 Å². The molecular formula is C16H30O2. The summed E-state index contributed by atoms with van der Waals surface area (Å²) >= 11 is 0. The van der Waals surface area contributed by atoms with E-state index in [-0.39, 0.29) is 18.6 Å². The predicted molar refractivity (Wildman–Crippen MR) is 74.2 cm³/mol. The molecule has 2 rings (SSSR count). The molecule has 0 aliphatic heterocycles. The Morgan fingerprint density at radius 1 is 1.17 bits per heavy atom. The Kier molecular flexibility index (Phi) is 4.08. The lowest BCUT2D eigenvalue weighted by molar-refractivity contribution is -0.155. The van der Waals surface area contributed by atoms with Crippen LogP contribution in [-0.4, -0.2) is 23.4 Å². The van der Waals surface area contributed by atoms with Gasteiger partial charge in [0.15, 0.2) is 0 Å². The van der Waals surface area contributed by atoms with E-state index in [2.05, 4.69) is 20.8 Å². The summed E-state index contributed by atoms with van der Waals surface area (Å²) in [6.07, 6.45) is 7.14. The minimum absolute atomic E-state index is 0.0406. The standard InChI is InChI=1S/C16H30O2/c1-12(2)14-5-4-13(3)8-16(14)9-15(10-16,11-18)6-7-17/h12-14,17-18H,4-11H2,1-3H3/t13-,14+,15?,16?/m1/s1. The van der Waals surface area contributed by atoms with Crippen molar-refractivity contribution in [3.05, 3.63) is 0 Å². The van der Waals surface area contributed by atoms with Crippen molar-refractivity contribution in [1.82, 2.24) is 0 Å². The van der Waals surface area contributed by atoms with Gasteiger partial charge in [0.2, 0.25) is 0 Å². The SMILES string of the molecule is CC(C)[C@@H]1CC[C@@H](C)CC12CC(CO)(CCO)C2. The summed E-state index contributed by atoms with van der Waals surface area (Å²) in [6, 6.07) is 0. The van der Waals surface area contributed by atoms with Crippen LogP contribution in [0.15, 0.2) is 0 Å². The first kappa shape index (κ1) is 14.3. The zero-order valence-electron chi connectivity index (χ0n) is 12.3. The van der Waals surface area contributed by atoms with Gasteiger partial charge in [0.05, 0.1) is 0 Å². The molecule has 2 saturated carbocycles. The van der Waals surface area contributed by atoms with Crippen molar-refractivity contribution in [2.75, 3.05) is 13.2 Å². The normalized spacial score (nSPS) is 44.3. The third-order valence-electron chi connectivity index (χ3n) is 5.75. The number of hydrogen-bond acceptors (Lipinski definition) is 2.